The molecule has 2 nitrogen and oxygen atoms in total. The summed E-state index contributed by atoms with van der Waals surface area (Å²) < 4.78 is 4.25. The van der Waals surface area contributed by atoms with Gasteiger partial charge in [0.25, 0.3) is 0 Å². The molecule has 0 saturated carbocycles. The van der Waals surface area contributed by atoms with E-state index in [4.69, 9.17) is 0 Å². The minimum absolute atomic E-state index is 0. The predicted molar refractivity (Wildman–Crippen MR) is 70.3 cm³/mol. The van der Waals surface area contributed by atoms with Crippen LogP contribution in [0.5, 0.6) is 0 Å². The smallest absolute Gasteiger partial charge is 0.168 e. The summed E-state index contributed by atoms with van der Waals surface area (Å²) in [4.78, 5) is 0. The number of rotatable bonds is 0. The van der Waals surface area contributed by atoms with Crippen molar-refractivity contribution < 1.29 is 34.0 Å². The van der Waals surface area contributed by atoms with Gasteiger partial charge in [-0.1, -0.05) is 12.2 Å². The SMILES string of the molecule is CC=[N+]1C=CC=CC1.CC=[N+]1C=CC=CC1.[Cl-].[Cl-]. The second kappa shape index (κ2) is 12.3. The number of hydrogen-bond donors (Lipinski definition) is 0. The van der Waals surface area contributed by atoms with Crippen LogP contribution >= 0.6 is 0 Å². The zero-order chi connectivity index (χ0) is 11.6. The zero-order valence-corrected chi connectivity index (χ0v) is 12.3. The van der Waals surface area contributed by atoms with Gasteiger partial charge in [0.1, 0.15) is 12.4 Å². The fourth-order valence-corrected chi connectivity index (χ4v) is 1.35. The van der Waals surface area contributed by atoms with Crippen molar-refractivity contribution in [2.45, 2.75) is 13.8 Å². The van der Waals surface area contributed by atoms with Crippen LogP contribution in [-0.2, 0) is 0 Å². The van der Waals surface area contributed by atoms with E-state index < -0.39 is 0 Å². The van der Waals surface area contributed by atoms with Crippen LogP contribution in [-0.4, -0.2) is 34.7 Å². The third-order valence-electron chi connectivity index (χ3n) is 2.35. The Morgan fingerprint density at radius 1 is 0.722 bits per heavy atom. The van der Waals surface area contributed by atoms with Crippen LogP contribution in [0.1, 0.15) is 13.8 Å². The van der Waals surface area contributed by atoms with E-state index in [0.29, 0.717) is 0 Å². The maximum atomic E-state index is 2.12. The summed E-state index contributed by atoms with van der Waals surface area (Å²) in [5, 5.41) is 0. The summed E-state index contributed by atoms with van der Waals surface area (Å²) in [6, 6.07) is 0. The minimum atomic E-state index is 0. The highest BCUT2D eigenvalue weighted by molar-refractivity contribution is 5.47. The lowest BCUT2D eigenvalue weighted by Crippen LogP contribution is -3.00. The molecular formula is C14H20Cl2N2. The fraction of sp³-hybridized carbons (Fsp3) is 0.286. The molecular weight excluding hydrogens is 267 g/mol. The highest BCUT2D eigenvalue weighted by Crippen LogP contribution is 1.88. The second-order valence-corrected chi connectivity index (χ2v) is 3.45. The monoisotopic (exact) mass is 286 g/mol. The quantitative estimate of drug-likeness (QED) is 0.406. The molecule has 0 radical (unpaired) electrons. The molecule has 0 N–H and O–H groups in total. The Morgan fingerprint density at radius 3 is 1.28 bits per heavy atom. The van der Waals surface area contributed by atoms with E-state index in [9.17, 15) is 0 Å². The zero-order valence-electron chi connectivity index (χ0n) is 10.8. The number of hydrogen-bond acceptors (Lipinski definition) is 0. The number of nitrogens with zero attached hydrogens (tertiary/aromatic N) is 2. The minimum Gasteiger partial charge on any atom is -1.00 e. The van der Waals surface area contributed by atoms with E-state index in [-0.39, 0.29) is 24.8 Å². The molecule has 0 atom stereocenters. The highest BCUT2D eigenvalue weighted by atomic mass is 35.5. The second-order valence-electron chi connectivity index (χ2n) is 3.45. The van der Waals surface area contributed by atoms with Gasteiger partial charge < -0.3 is 24.8 Å². The molecule has 0 amide bonds. The fourth-order valence-electron chi connectivity index (χ4n) is 1.35. The molecule has 0 unspecified atom stereocenters. The number of allylic oxidation sites excluding steroid dienone is 4. The Bertz CT molecular complexity index is 351. The Balaban J connectivity index is 0. The van der Waals surface area contributed by atoms with E-state index in [1.54, 1.807) is 0 Å². The van der Waals surface area contributed by atoms with Crippen LogP contribution in [0.25, 0.3) is 0 Å². The van der Waals surface area contributed by atoms with E-state index in [1.165, 1.54) is 0 Å². The topological polar surface area (TPSA) is 6.02 Å². The average Bonchev–Trinajstić information content (AvgIpc) is 2.41. The van der Waals surface area contributed by atoms with Gasteiger partial charge in [-0.2, -0.15) is 0 Å². The van der Waals surface area contributed by atoms with Crippen molar-refractivity contribution in [2.24, 2.45) is 0 Å². The summed E-state index contributed by atoms with van der Waals surface area (Å²) in [5.41, 5.74) is 0. The lowest BCUT2D eigenvalue weighted by atomic mass is 10.4. The van der Waals surface area contributed by atoms with E-state index >= 15 is 0 Å². The van der Waals surface area contributed by atoms with Crippen molar-refractivity contribution in [1.82, 2.24) is 0 Å². The average molecular weight is 287 g/mol. The van der Waals surface area contributed by atoms with E-state index in [0.717, 1.165) is 13.1 Å². The first-order valence-electron chi connectivity index (χ1n) is 5.64. The third kappa shape index (κ3) is 8.04. The Labute approximate surface area is 122 Å². The van der Waals surface area contributed by atoms with Crippen LogP contribution in [0.3, 0.4) is 0 Å². The molecule has 2 aliphatic heterocycles. The van der Waals surface area contributed by atoms with Gasteiger partial charge in [-0.3, -0.25) is 0 Å². The first kappa shape index (κ1) is 19.2. The molecule has 2 aliphatic rings. The molecule has 0 fully saturated rings. The van der Waals surface area contributed by atoms with Gasteiger partial charge in [-0.15, -0.1) is 0 Å². The molecule has 0 spiro atoms. The van der Waals surface area contributed by atoms with Gasteiger partial charge in [0, 0.05) is 26.0 Å². The molecule has 0 aliphatic carbocycles. The van der Waals surface area contributed by atoms with E-state index in [1.807, 2.05) is 26.0 Å². The number of halogens is 2. The van der Waals surface area contributed by atoms with Gasteiger partial charge in [-0.05, 0) is 12.2 Å². The Kier molecular flexibility index (Phi) is 13.2. The summed E-state index contributed by atoms with van der Waals surface area (Å²) in [7, 11) is 0. The van der Waals surface area contributed by atoms with Crippen LogP contribution in [0.15, 0.2) is 48.9 Å². The molecule has 0 bridgehead atoms. The highest BCUT2D eigenvalue weighted by Gasteiger charge is 1.94. The molecule has 18 heavy (non-hydrogen) atoms. The molecule has 2 heterocycles. The molecule has 2 rings (SSSR count). The maximum Gasteiger partial charge on any atom is 0.168 e. The maximum absolute atomic E-state index is 2.12. The van der Waals surface area contributed by atoms with Crippen LogP contribution in [0, 0.1) is 0 Å². The van der Waals surface area contributed by atoms with Crippen molar-refractivity contribution in [3.8, 4) is 0 Å². The Hall–Kier alpha value is -1.12. The largest absolute Gasteiger partial charge is 1.00 e. The van der Waals surface area contributed by atoms with Crippen LogP contribution in [0.2, 0.25) is 0 Å². The molecule has 4 heteroatoms. The van der Waals surface area contributed by atoms with Gasteiger partial charge in [0.05, 0.1) is 0 Å². The van der Waals surface area contributed by atoms with Crippen molar-refractivity contribution in [3.05, 3.63) is 48.9 Å². The lowest BCUT2D eigenvalue weighted by Gasteiger charge is -1.92. The first-order valence-corrected chi connectivity index (χ1v) is 5.64. The standard InChI is InChI=1S/2C7H10N.2ClH/c2*1-2-8-6-4-3-5-7-8;;/h2*2-6H,7H2,1H3;2*1H/q2*+1;;/p-2. The van der Waals surface area contributed by atoms with Crippen molar-refractivity contribution >= 4 is 12.4 Å². The predicted octanol–water partition coefficient (Wildman–Crippen LogP) is -3.65. The summed E-state index contributed by atoms with van der Waals surface area (Å²) >= 11 is 0. The van der Waals surface area contributed by atoms with Gasteiger partial charge in [-0.25, -0.2) is 9.15 Å². The van der Waals surface area contributed by atoms with Crippen molar-refractivity contribution in [2.75, 3.05) is 13.1 Å². The molecule has 0 aromatic rings. The molecule has 0 aromatic carbocycles. The van der Waals surface area contributed by atoms with Gasteiger partial charge in [0.15, 0.2) is 25.5 Å². The van der Waals surface area contributed by atoms with Crippen LogP contribution < -0.4 is 24.8 Å². The van der Waals surface area contributed by atoms with Gasteiger partial charge >= 0.3 is 0 Å². The molecule has 100 valence electrons. The first-order chi connectivity index (χ1) is 7.86. The summed E-state index contributed by atoms with van der Waals surface area (Å²) in [6.45, 7) is 6.10. The van der Waals surface area contributed by atoms with Crippen LogP contribution in [0.4, 0.5) is 0 Å². The normalized spacial score (nSPS) is 19.9. The van der Waals surface area contributed by atoms with E-state index in [2.05, 4.69) is 58.3 Å². The molecule has 0 aromatic heterocycles. The summed E-state index contributed by atoms with van der Waals surface area (Å²) in [5.74, 6) is 0. The molecule has 0 saturated heterocycles. The van der Waals surface area contributed by atoms with Crippen molar-refractivity contribution in [3.63, 3.8) is 0 Å². The Morgan fingerprint density at radius 2 is 1.11 bits per heavy atom. The van der Waals surface area contributed by atoms with Crippen molar-refractivity contribution in [1.29, 1.82) is 0 Å². The summed E-state index contributed by atoms with van der Waals surface area (Å²) in [6.07, 6.45) is 20.6. The van der Waals surface area contributed by atoms with Gasteiger partial charge in [0.2, 0.25) is 0 Å². The lowest BCUT2D eigenvalue weighted by molar-refractivity contribution is -0.442. The third-order valence-corrected chi connectivity index (χ3v) is 2.35.